The first kappa shape index (κ1) is 10.9. The molecule has 0 aliphatic rings. The SMILES string of the molecule is C=[P+]([O-])O.N#CC(=O)O. The molecule has 2 N–H and O–H groups in total. The van der Waals surface area contributed by atoms with Crippen LogP contribution in [0.1, 0.15) is 0 Å². The van der Waals surface area contributed by atoms with Crippen molar-refractivity contribution in [3.63, 3.8) is 0 Å². The van der Waals surface area contributed by atoms with E-state index in [0.29, 0.717) is 0 Å². The lowest BCUT2D eigenvalue weighted by Crippen LogP contribution is -1.83. The minimum atomic E-state index is -2.12. The molecule has 9 heavy (non-hydrogen) atoms. The van der Waals surface area contributed by atoms with E-state index >= 15 is 0 Å². The summed E-state index contributed by atoms with van der Waals surface area (Å²) >= 11 is 0. The monoisotopic (exact) mass is 149 g/mol. The number of carboxylic acid groups (broad SMARTS) is 1. The second-order valence-corrected chi connectivity index (χ2v) is 1.47. The summed E-state index contributed by atoms with van der Waals surface area (Å²) < 4.78 is 0. The van der Waals surface area contributed by atoms with Gasteiger partial charge >= 0.3 is 5.97 Å². The molecule has 1 atom stereocenters. The van der Waals surface area contributed by atoms with E-state index in [4.69, 9.17) is 24.9 Å². The van der Waals surface area contributed by atoms with E-state index in [1.807, 2.05) is 0 Å². The highest BCUT2D eigenvalue weighted by molar-refractivity contribution is 7.41. The van der Waals surface area contributed by atoms with Gasteiger partial charge in [-0.1, -0.05) is 0 Å². The van der Waals surface area contributed by atoms with Crippen molar-refractivity contribution >= 4 is 20.3 Å². The third-order valence-electron chi connectivity index (χ3n) is 0.0956. The summed E-state index contributed by atoms with van der Waals surface area (Å²) in [7, 11) is -2.12. The van der Waals surface area contributed by atoms with Crippen LogP contribution in [0.15, 0.2) is 0 Å². The van der Waals surface area contributed by atoms with Gasteiger partial charge in [-0.2, -0.15) is 10.2 Å². The van der Waals surface area contributed by atoms with E-state index in [-0.39, 0.29) is 0 Å². The smallest absolute Gasteiger partial charge is 0.408 e. The molecule has 5 nitrogen and oxygen atoms in total. The number of aliphatic carboxylic acids is 1. The quantitative estimate of drug-likeness (QED) is 0.252. The van der Waals surface area contributed by atoms with Gasteiger partial charge < -0.3 is 10.00 Å². The van der Waals surface area contributed by atoms with Crippen LogP contribution in [-0.2, 0) is 4.79 Å². The van der Waals surface area contributed by atoms with E-state index < -0.39 is 14.0 Å². The highest BCUT2D eigenvalue weighted by atomic mass is 31.1. The summed E-state index contributed by atoms with van der Waals surface area (Å²) in [4.78, 5) is 25.5. The summed E-state index contributed by atoms with van der Waals surface area (Å²) in [5, 5.41) is 14.7. The number of nitrogens with zero attached hydrogens (tertiary/aromatic N) is 1. The second kappa shape index (κ2) is 7.05. The van der Waals surface area contributed by atoms with Gasteiger partial charge in [-0.05, 0) is 0 Å². The maximum absolute atomic E-state index is 9.04. The van der Waals surface area contributed by atoms with Gasteiger partial charge in [0.25, 0.3) is 0 Å². The topological polar surface area (TPSA) is 104 Å². The van der Waals surface area contributed by atoms with Gasteiger partial charge in [-0.25, -0.2) is 4.79 Å². The van der Waals surface area contributed by atoms with Crippen LogP contribution in [-0.4, -0.2) is 22.3 Å². The zero-order chi connectivity index (χ0) is 7.86. The summed E-state index contributed by atoms with van der Waals surface area (Å²) in [6.07, 6.45) is 2.70. The molecule has 0 radical (unpaired) electrons. The molecular weight excluding hydrogens is 145 g/mol. The molecule has 0 aliphatic heterocycles. The molecule has 0 aromatic rings. The average molecular weight is 149 g/mol. The Kier molecular flexibility index (Phi) is 8.56. The molecule has 0 aliphatic carbocycles. The van der Waals surface area contributed by atoms with Gasteiger partial charge in [0.05, 0.1) is 0 Å². The summed E-state index contributed by atoms with van der Waals surface area (Å²) in [6, 6.07) is 0.944. The minimum Gasteiger partial charge on any atom is -0.604 e. The van der Waals surface area contributed by atoms with Crippen molar-refractivity contribution in [1.82, 2.24) is 0 Å². The van der Waals surface area contributed by atoms with E-state index in [1.165, 1.54) is 0 Å². The van der Waals surface area contributed by atoms with E-state index in [2.05, 4.69) is 6.30 Å². The van der Waals surface area contributed by atoms with E-state index in [1.54, 1.807) is 0 Å². The fraction of sp³-hybridized carbons (Fsp3) is 0. The van der Waals surface area contributed by atoms with Crippen molar-refractivity contribution in [3.8, 4) is 6.07 Å². The first-order chi connectivity index (χ1) is 4.00. The Morgan fingerprint density at radius 3 is 2.00 bits per heavy atom. The van der Waals surface area contributed by atoms with Crippen LogP contribution in [0.25, 0.3) is 0 Å². The molecule has 0 heterocycles. The Morgan fingerprint density at radius 1 is 1.89 bits per heavy atom. The Labute approximate surface area is 52.3 Å². The van der Waals surface area contributed by atoms with Crippen LogP contribution in [0.4, 0.5) is 0 Å². The van der Waals surface area contributed by atoms with Crippen molar-refractivity contribution in [2.75, 3.05) is 0 Å². The Hall–Kier alpha value is -0.950. The Balaban J connectivity index is 0. The minimum absolute atomic E-state index is 0.944. The Bertz CT molecular complexity index is 144. The van der Waals surface area contributed by atoms with Crippen LogP contribution in [0.5, 0.6) is 0 Å². The molecule has 50 valence electrons. The first-order valence-corrected chi connectivity index (χ1v) is 3.00. The van der Waals surface area contributed by atoms with Crippen LogP contribution >= 0.6 is 8.00 Å². The van der Waals surface area contributed by atoms with Gasteiger partial charge in [-0.15, -0.1) is 0 Å². The average Bonchev–Trinajstić information content (AvgIpc) is 1.65. The number of hydrogen-bond donors (Lipinski definition) is 2. The number of rotatable bonds is 0. The van der Waals surface area contributed by atoms with Crippen molar-refractivity contribution in [3.05, 3.63) is 0 Å². The summed E-state index contributed by atoms with van der Waals surface area (Å²) in [6.45, 7) is 0. The van der Waals surface area contributed by atoms with Gasteiger partial charge in [0.2, 0.25) is 8.00 Å². The molecule has 0 aromatic carbocycles. The number of nitriles is 1. The van der Waals surface area contributed by atoms with Crippen molar-refractivity contribution < 1.29 is 19.7 Å². The highest BCUT2D eigenvalue weighted by Gasteiger charge is 1.79. The van der Waals surface area contributed by atoms with Crippen LogP contribution in [0.2, 0.25) is 0 Å². The zero-order valence-electron chi connectivity index (χ0n) is 4.31. The predicted molar refractivity (Wildman–Crippen MR) is 29.5 cm³/mol. The van der Waals surface area contributed by atoms with Crippen molar-refractivity contribution in [1.29, 1.82) is 5.26 Å². The molecular formula is C3H4NO4P. The molecule has 1 unspecified atom stereocenters. The molecule has 0 aromatic heterocycles. The Morgan fingerprint density at radius 2 is 2.00 bits per heavy atom. The first-order valence-electron chi connectivity index (χ1n) is 1.60. The lowest BCUT2D eigenvalue weighted by molar-refractivity contribution is -0.167. The number of carboxylic acids is 1. The van der Waals surface area contributed by atoms with Gasteiger partial charge in [0.15, 0.2) is 6.07 Å². The summed E-state index contributed by atoms with van der Waals surface area (Å²) in [5.41, 5.74) is 0. The zero-order valence-corrected chi connectivity index (χ0v) is 5.21. The van der Waals surface area contributed by atoms with E-state index in [9.17, 15) is 0 Å². The van der Waals surface area contributed by atoms with Crippen molar-refractivity contribution in [2.45, 2.75) is 0 Å². The van der Waals surface area contributed by atoms with Crippen LogP contribution in [0, 0.1) is 11.3 Å². The lowest BCUT2D eigenvalue weighted by Gasteiger charge is -1.68. The number of hydrogen-bond acceptors (Lipinski definition) is 4. The van der Waals surface area contributed by atoms with E-state index in [0.717, 1.165) is 6.07 Å². The lowest BCUT2D eigenvalue weighted by atomic mass is 10.8. The van der Waals surface area contributed by atoms with Gasteiger partial charge in [0, 0.05) is 0 Å². The van der Waals surface area contributed by atoms with Crippen molar-refractivity contribution in [2.24, 2.45) is 0 Å². The maximum Gasteiger partial charge on any atom is 0.408 e. The standard InChI is InChI=1S/C2HNO2.CH3O2P/c3-1-2(4)5;1-4(2)3/h(H,4,5);1H2,(H,2,3). The number of carbonyl (C=O) groups is 1. The normalized spacial score (nSPS) is 7.89. The molecule has 0 rings (SSSR count). The van der Waals surface area contributed by atoms with Crippen LogP contribution < -0.4 is 4.89 Å². The molecule has 0 amide bonds. The van der Waals surface area contributed by atoms with Gasteiger partial charge in [-0.3, -0.25) is 0 Å². The third kappa shape index (κ3) is 163. The fourth-order valence-electron chi connectivity index (χ4n) is 0. The maximum atomic E-state index is 9.04. The second-order valence-electron chi connectivity index (χ2n) is 0.769. The third-order valence-corrected chi connectivity index (χ3v) is 0.0956. The summed E-state index contributed by atoms with van der Waals surface area (Å²) in [5.74, 6) is -1.44. The molecule has 0 saturated carbocycles. The molecule has 0 spiro atoms. The van der Waals surface area contributed by atoms with Crippen LogP contribution in [0.3, 0.4) is 0 Å². The molecule has 0 fully saturated rings. The highest BCUT2D eigenvalue weighted by Crippen LogP contribution is 1.88. The predicted octanol–water partition coefficient (Wildman–Crippen LogP) is -1.32. The fourth-order valence-corrected chi connectivity index (χ4v) is 0. The molecule has 6 heteroatoms. The molecule has 0 bridgehead atoms. The van der Waals surface area contributed by atoms with Gasteiger partial charge in [0.1, 0.15) is 6.30 Å². The molecule has 0 saturated heterocycles. The largest absolute Gasteiger partial charge is 0.604 e.